The van der Waals surface area contributed by atoms with Crippen molar-refractivity contribution in [2.45, 2.75) is 26.3 Å². The van der Waals surface area contributed by atoms with Crippen LogP contribution in [-0.2, 0) is 0 Å². The molecule has 0 amide bonds. The average molecular weight is 85.2 g/mol. The first-order valence-corrected chi connectivity index (χ1v) is 2.27. The van der Waals surface area contributed by atoms with E-state index in [1.54, 1.807) is 0 Å². The molecule has 0 unspecified atom stereocenters. The Hall–Kier alpha value is -0.330. The molecule has 0 spiro atoms. The maximum atomic E-state index is 3.76. The van der Waals surface area contributed by atoms with E-state index in [2.05, 4.69) is 18.6 Å². The molecule has 0 aromatic heterocycles. The smallest absolute Gasteiger partial charge is 0.0461 e. The molecular weight excluding hydrogens is 74.1 g/mol. The molecule has 0 aromatic rings. The van der Waals surface area contributed by atoms with Gasteiger partial charge in [-0.05, 0) is 20.1 Å². The van der Waals surface area contributed by atoms with Gasteiger partial charge in [0, 0.05) is 6.04 Å². The van der Waals surface area contributed by atoms with Gasteiger partial charge in [0.05, 0.1) is 0 Å². The second kappa shape index (κ2) is 2.88. The Morgan fingerprint density at radius 3 is 2.33 bits per heavy atom. The first-order chi connectivity index (χ1) is 2.81. The molecule has 0 fully saturated rings. The maximum absolute atomic E-state index is 3.76. The molecular formula is C5H11N. The summed E-state index contributed by atoms with van der Waals surface area (Å²) in [7, 11) is 0. The second-order valence-corrected chi connectivity index (χ2v) is 1.44. The number of nitrogens with zero attached hydrogens (tertiary/aromatic N) is 1. The third-order valence-corrected chi connectivity index (χ3v) is 0.902. The van der Waals surface area contributed by atoms with Crippen molar-refractivity contribution in [2.75, 3.05) is 0 Å². The van der Waals surface area contributed by atoms with E-state index in [9.17, 15) is 0 Å². The van der Waals surface area contributed by atoms with Crippen molar-refractivity contribution in [3.8, 4) is 0 Å². The van der Waals surface area contributed by atoms with Gasteiger partial charge in [-0.15, -0.1) is 0 Å². The van der Waals surface area contributed by atoms with Crippen LogP contribution in [0.3, 0.4) is 0 Å². The molecule has 1 nitrogen and oxygen atoms in total. The van der Waals surface area contributed by atoms with Crippen LogP contribution in [0.2, 0.25) is 0 Å². The van der Waals surface area contributed by atoms with Gasteiger partial charge in [0.25, 0.3) is 0 Å². The lowest BCUT2D eigenvalue weighted by Gasteiger charge is -1.94. The molecule has 0 N–H and O–H groups in total. The Morgan fingerprint density at radius 1 is 1.83 bits per heavy atom. The number of rotatable bonds is 2. The van der Waals surface area contributed by atoms with Crippen LogP contribution >= 0.6 is 0 Å². The topological polar surface area (TPSA) is 12.4 Å². The fourth-order valence-corrected chi connectivity index (χ4v) is 0.129. The molecule has 1 heteroatoms. The zero-order valence-electron chi connectivity index (χ0n) is 4.44. The van der Waals surface area contributed by atoms with E-state index in [1.807, 2.05) is 6.92 Å². The van der Waals surface area contributed by atoms with Crippen LogP contribution < -0.4 is 0 Å². The summed E-state index contributed by atoms with van der Waals surface area (Å²) < 4.78 is 0. The van der Waals surface area contributed by atoms with Gasteiger partial charge in [-0.25, -0.2) is 0 Å². The van der Waals surface area contributed by atoms with Crippen molar-refractivity contribution in [3.05, 3.63) is 0 Å². The largest absolute Gasteiger partial charge is 0.298 e. The van der Waals surface area contributed by atoms with Crippen LogP contribution in [0.1, 0.15) is 20.3 Å². The lowest BCUT2D eigenvalue weighted by Crippen LogP contribution is -1.90. The maximum Gasteiger partial charge on any atom is 0.0461 e. The normalized spacial score (nSPS) is 13.7. The standard InChI is InChI=1S/C5H11N/c1-4-5(2)6-3/h5H,3-4H2,1-2H3/t5-/m0/s1. The summed E-state index contributed by atoms with van der Waals surface area (Å²) in [5, 5.41) is 0. The Morgan fingerprint density at radius 2 is 2.33 bits per heavy atom. The molecule has 1 atom stereocenters. The van der Waals surface area contributed by atoms with Gasteiger partial charge in [0.2, 0.25) is 0 Å². The van der Waals surface area contributed by atoms with Gasteiger partial charge >= 0.3 is 0 Å². The lowest BCUT2D eigenvalue weighted by molar-refractivity contribution is 0.722. The van der Waals surface area contributed by atoms with Crippen molar-refractivity contribution in [2.24, 2.45) is 4.99 Å². The zero-order chi connectivity index (χ0) is 4.99. The molecule has 6 heavy (non-hydrogen) atoms. The van der Waals surface area contributed by atoms with E-state index in [0.29, 0.717) is 6.04 Å². The van der Waals surface area contributed by atoms with E-state index in [1.165, 1.54) is 0 Å². The number of aliphatic imine (C=N–C) groups is 1. The molecule has 0 bridgehead atoms. The summed E-state index contributed by atoms with van der Waals surface area (Å²) in [5.41, 5.74) is 0. The highest BCUT2D eigenvalue weighted by atomic mass is 14.7. The summed E-state index contributed by atoms with van der Waals surface area (Å²) in [4.78, 5) is 3.76. The van der Waals surface area contributed by atoms with Crippen molar-refractivity contribution in [1.29, 1.82) is 0 Å². The van der Waals surface area contributed by atoms with Crippen molar-refractivity contribution < 1.29 is 0 Å². The molecule has 0 saturated heterocycles. The Balaban J connectivity index is 2.96. The first kappa shape index (κ1) is 5.67. The van der Waals surface area contributed by atoms with Crippen molar-refractivity contribution in [1.82, 2.24) is 0 Å². The van der Waals surface area contributed by atoms with Gasteiger partial charge in [-0.2, -0.15) is 0 Å². The molecule has 0 aliphatic carbocycles. The van der Waals surface area contributed by atoms with Crippen molar-refractivity contribution in [3.63, 3.8) is 0 Å². The molecule has 0 radical (unpaired) electrons. The van der Waals surface area contributed by atoms with E-state index in [4.69, 9.17) is 0 Å². The number of hydrogen-bond acceptors (Lipinski definition) is 1. The monoisotopic (exact) mass is 85.1 g/mol. The SMILES string of the molecule is C=N[C@@H](C)CC. The molecule has 36 valence electrons. The summed E-state index contributed by atoms with van der Waals surface area (Å²) in [6.07, 6.45) is 1.10. The average Bonchev–Trinajstić information content (AvgIpc) is 1.65. The summed E-state index contributed by atoms with van der Waals surface area (Å²) >= 11 is 0. The summed E-state index contributed by atoms with van der Waals surface area (Å²) in [6, 6.07) is 0.449. The van der Waals surface area contributed by atoms with E-state index < -0.39 is 0 Å². The van der Waals surface area contributed by atoms with Crippen LogP contribution in [0.15, 0.2) is 4.99 Å². The minimum Gasteiger partial charge on any atom is -0.298 e. The second-order valence-electron chi connectivity index (χ2n) is 1.44. The quantitative estimate of drug-likeness (QED) is 0.450. The van der Waals surface area contributed by atoms with E-state index >= 15 is 0 Å². The molecule has 0 heterocycles. The van der Waals surface area contributed by atoms with E-state index in [-0.39, 0.29) is 0 Å². The van der Waals surface area contributed by atoms with Crippen molar-refractivity contribution >= 4 is 6.72 Å². The van der Waals surface area contributed by atoms with Gasteiger partial charge in [0.1, 0.15) is 0 Å². The highest BCUT2D eigenvalue weighted by Crippen LogP contribution is 1.90. The summed E-state index contributed by atoms with van der Waals surface area (Å²) in [5.74, 6) is 0. The predicted octanol–water partition coefficient (Wildman–Crippen LogP) is 1.49. The third-order valence-electron chi connectivity index (χ3n) is 0.902. The highest BCUT2D eigenvalue weighted by molar-refractivity contribution is 5.23. The van der Waals surface area contributed by atoms with Crippen LogP contribution in [0.25, 0.3) is 0 Å². The minimum atomic E-state index is 0.449. The highest BCUT2D eigenvalue weighted by Gasteiger charge is 1.85. The Bertz CT molecular complexity index is 41.2. The first-order valence-electron chi connectivity index (χ1n) is 2.27. The van der Waals surface area contributed by atoms with Crippen LogP contribution in [0, 0.1) is 0 Å². The lowest BCUT2D eigenvalue weighted by atomic mass is 10.3. The fourth-order valence-electron chi connectivity index (χ4n) is 0.129. The molecule has 0 rings (SSSR count). The molecule has 0 aliphatic rings. The Labute approximate surface area is 39.1 Å². The van der Waals surface area contributed by atoms with Crippen LogP contribution in [-0.4, -0.2) is 12.8 Å². The van der Waals surface area contributed by atoms with Gasteiger partial charge in [0.15, 0.2) is 0 Å². The van der Waals surface area contributed by atoms with E-state index in [0.717, 1.165) is 6.42 Å². The molecule has 0 saturated carbocycles. The van der Waals surface area contributed by atoms with Gasteiger partial charge in [-0.1, -0.05) is 6.92 Å². The Kier molecular flexibility index (Phi) is 2.73. The van der Waals surface area contributed by atoms with Crippen LogP contribution in [0.4, 0.5) is 0 Å². The number of hydrogen-bond donors (Lipinski definition) is 0. The van der Waals surface area contributed by atoms with Crippen LogP contribution in [0.5, 0.6) is 0 Å². The zero-order valence-corrected chi connectivity index (χ0v) is 4.44. The van der Waals surface area contributed by atoms with Gasteiger partial charge in [-0.3, -0.25) is 4.99 Å². The summed E-state index contributed by atoms with van der Waals surface area (Å²) in [6.45, 7) is 7.53. The third kappa shape index (κ3) is 1.94. The fraction of sp³-hybridized carbons (Fsp3) is 0.800. The predicted molar refractivity (Wildman–Crippen MR) is 29.3 cm³/mol. The van der Waals surface area contributed by atoms with Gasteiger partial charge < -0.3 is 0 Å². The molecule has 0 aromatic carbocycles. The molecule has 0 aliphatic heterocycles. The minimum absolute atomic E-state index is 0.449.